The average Bonchev–Trinajstić information content (AvgIpc) is 3.58. The number of nitrogens with zero attached hydrogens (tertiary/aromatic N) is 1. The van der Waals surface area contributed by atoms with Crippen LogP contribution in [0.1, 0.15) is 11.7 Å². The average molecular weight is 511 g/mol. The lowest BCUT2D eigenvalue weighted by molar-refractivity contribution is 0.622. The van der Waals surface area contributed by atoms with E-state index in [9.17, 15) is 0 Å². The predicted octanol–water partition coefficient (Wildman–Crippen LogP) is 10.2. The summed E-state index contributed by atoms with van der Waals surface area (Å²) in [5.41, 5.74) is 9.20. The topological polar surface area (TPSA) is 28.4 Å². The molecule has 0 amide bonds. The Labute approximate surface area is 230 Å². The summed E-state index contributed by atoms with van der Waals surface area (Å²) >= 11 is 0. The van der Waals surface area contributed by atoms with Crippen LogP contribution in [0.4, 0.5) is 17.1 Å². The number of benzene rings is 7. The van der Waals surface area contributed by atoms with E-state index in [0.717, 1.165) is 33.7 Å². The number of fused-ring (bicyclic) bond motifs is 10. The van der Waals surface area contributed by atoms with Crippen LogP contribution in [0.5, 0.6) is 0 Å². The normalized spacial score (nSPS) is 15.4. The van der Waals surface area contributed by atoms with E-state index in [0.29, 0.717) is 0 Å². The number of rotatable bonds is 1. The zero-order valence-electron chi connectivity index (χ0n) is 21.5. The Morgan fingerprint density at radius 3 is 2.35 bits per heavy atom. The number of furan rings is 1. The van der Waals surface area contributed by atoms with Crippen molar-refractivity contribution in [3.63, 3.8) is 0 Å². The minimum atomic E-state index is 0.0256. The highest BCUT2D eigenvalue weighted by Crippen LogP contribution is 2.57. The van der Waals surface area contributed by atoms with Gasteiger partial charge in [0, 0.05) is 16.5 Å². The van der Waals surface area contributed by atoms with E-state index in [1.807, 2.05) is 0 Å². The molecule has 0 radical (unpaired) electrons. The zero-order chi connectivity index (χ0) is 25.9. The van der Waals surface area contributed by atoms with Crippen LogP contribution in [-0.2, 0) is 0 Å². The van der Waals surface area contributed by atoms with E-state index in [2.05, 4.69) is 132 Å². The van der Waals surface area contributed by atoms with Gasteiger partial charge in [0.2, 0.25) is 0 Å². The van der Waals surface area contributed by atoms with Gasteiger partial charge in [-0.15, -0.1) is 0 Å². The van der Waals surface area contributed by atoms with E-state index >= 15 is 0 Å². The van der Waals surface area contributed by atoms with Gasteiger partial charge in [0.05, 0.1) is 17.1 Å². The number of anilines is 3. The highest BCUT2D eigenvalue weighted by molar-refractivity contribution is 6.26. The fraction of sp³-hybridized carbons (Fsp3) is 0.0270. The minimum Gasteiger partial charge on any atom is -0.454 e. The van der Waals surface area contributed by atoms with E-state index in [-0.39, 0.29) is 6.17 Å². The highest BCUT2D eigenvalue weighted by atomic mass is 16.3. The standard InChI is InChI=1S/C37H22N2O/c1-2-11-27-26(10-1)36-35(39-31-14-4-3-13-30(31)38-37(27)39)29-19-23(17-18-32(29)40-36)28-20-24-9-5-7-21-15-16-22-8-6-12-25(28)34(22)33(21)24/h1-20,37-38H. The highest BCUT2D eigenvalue weighted by Gasteiger charge is 2.40. The van der Waals surface area contributed by atoms with E-state index in [1.54, 1.807) is 0 Å². The molecule has 0 bridgehead atoms. The van der Waals surface area contributed by atoms with Crippen LogP contribution in [0.2, 0.25) is 0 Å². The molecule has 3 heterocycles. The molecule has 7 aromatic carbocycles. The van der Waals surface area contributed by atoms with Crippen LogP contribution in [0.3, 0.4) is 0 Å². The predicted molar refractivity (Wildman–Crippen MR) is 166 cm³/mol. The van der Waals surface area contributed by atoms with Gasteiger partial charge in [0.25, 0.3) is 0 Å². The Balaban J connectivity index is 1.29. The molecule has 3 nitrogen and oxygen atoms in total. The molecule has 1 unspecified atom stereocenters. The van der Waals surface area contributed by atoms with Crippen LogP contribution >= 0.6 is 0 Å². The molecule has 1 atom stereocenters. The molecule has 0 aliphatic carbocycles. The summed E-state index contributed by atoms with van der Waals surface area (Å²) in [6.45, 7) is 0. The van der Waals surface area contributed by atoms with Crippen LogP contribution in [0.25, 0.3) is 65.7 Å². The van der Waals surface area contributed by atoms with Crippen molar-refractivity contribution in [1.82, 2.24) is 0 Å². The van der Waals surface area contributed by atoms with E-state index in [4.69, 9.17) is 4.42 Å². The Morgan fingerprint density at radius 1 is 0.600 bits per heavy atom. The molecule has 0 saturated carbocycles. The SMILES string of the molecule is c1ccc2c(c1)NC1c3ccccc3-c3oc4ccc(-c5cc6cccc7ccc8cccc5c8c76)cc4c3N21. The molecule has 1 N–H and O–H groups in total. The van der Waals surface area contributed by atoms with Crippen molar-refractivity contribution >= 4 is 60.3 Å². The Bertz CT molecular complexity index is 2330. The second-order valence-electron chi connectivity index (χ2n) is 11.0. The minimum absolute atomic E-state index is 0.0256. The summed E-state index contributed by atoms with van der Waals surface area (Å²) in [4.78, 5) is 2.43. The van der Waals surface area contributed by atoms with E-state index < -0.39 is 0 Å². The maximum absolute atomic E-state index is 6.65. The van der Waals surface area contributed by atoms with Crippen molar-refractivity contribution in [3.05, 3.63) is 127 Å². The van der Waals surface area contributed by atoms with Gasteiger partial charge in [-0.25, -0.2) is 0 Å². The first-order valence-corrected chi connectivity index (χ1v) is 13.8. The van der Waals surface area contributed by atoms with Gasteiger partial charge < -0.3 is 14.6 Å². The first-order chi connectivity index (χ1) is 19.8. The first-order valence-electron chi connectivity index (χ1n) is 13.8. The number of hydrogen-bond donors (Lipinski definition) is 1. The molecule has 2 aliphatic rings. The largest absolute Gasteiger partial charge is 0.454 e. The second kappa shape index (κ2) is 7.22. The Morgan fingerprint density at radius 2 is 1.40 bits per heavy atom. The monoisotopic (exact) mass is 510 g/mol. The summed E-state index contributed by atoms with van der Waals surface area (Å²) in [6.07, 6.45) is 0.0256. The zero-order valence-corrected chi connectivity index (χ0v) is 21.5. The van der Waals surface area contributed by atoms with E-state index in [1.165, 1.54) is 54.7 Å². The summed E-state index contributed by atoms with van der Waals surface area (Å²) in [6, 6.07) is 44.0. The van der Waals surface area contributed by atoms with Crippen LogP contribution < -0.4 is 10.2 Å². The number of para-hydroxylation sites is 2. The molecule has 0 fully saturated rings. The van der Waals surface area contributed by atoms with Gasteiger partial charge in [0.15, 0.2) is 5.76 Å². The fourth-order valence-electron chi connectivity index (χ4n) is 7.24. The van der Waals surface area contributed by atoms with Crippen molar-refractivity contribution in [2.24, 2.45) is 0 Å². The van der Waals surface area contributed by atoms with Crippen LogP contribution in [0.15, 0.2) is 126 Å². The van der Waals surface area contributed by atoms with Gasteiger partial charge in [0.1, 0.15) is 11.7 Å². The van der Waals surface area contributed by atoms with Gasteiger partial charge in [-0.05, 0) is 73.8 Å². The quantitative estimate of drug-likeness (QED) is 0.223. The molecule has 2 aliphatic heterocycles. The molecule has 10 rings (SSSR count). The van der Waals surface area contributed by atoms with Crippen molar-refractivity contribution in [2.75, 3.05) is 10.2 Å². The van der Waals surface area contributed by atoms with Crippen molar-refractivity contribution in [2.45, 2.75) is 6.17 Å². The fourth-order valence-corrected chi connectivity index (χ4v) is 7.24. The maximum Gasteiger partial charge on any atom is 0.159 e. The summed E-state index contributed by atoms with van der Waals surface area (Å²) in [5, 5.41) is 12.7. The lowest BCUT2D eigenvalue weighted by atomic mass is 9.88. The van der Waals surface area contributed by atoms with Crippen molar-refractivity contribution in [1.29, 1.82) is 0 Å². The molecular weight excluding hydrogens is 488 g/mol. The maximum atomic E-state index is 6.65. The third-order valence-electron chi connectivity index (χ3n) is 8.94. The van der Waals surface area contributed by atoms with Gasteiger partial charge in [-0.3, -0.25) is 0 Å². The molecule has 186 valence electrons. The molecule has 0 spiro atoms. The molecule has 40 heavy (non-hydrogen) atoms. The van der Waals surface area contributed by atoms with Gasteiger partial charge >= 0.3 is 0 Å². The molecular formula is C37H22N2O. The summed E-state index contributed by atoms with van der Waals surface area (Å²) < 4.78 is 6.65. The lowest BCUT2D eigenvalue weighted by Gasteiger charge is -2.32. The van der Waals surface area contributed by atoms with Gasteiger partial charge in [-0.2, -0.15) is 0 Å². The third-order valence-corrected chi connectivity index (χ3v) is 8.94. The van der Waals surface area contributed by atoms with Crippen LogP contribution in [-0.4, -0.2) is 0 Å². The van der Waals surface area contributed by atoms with Crippen LogP contribution in [0, 0.1) is 0 Å². The Hall–Kier alpha value is -5.28. The molecule has 0 saturated heterocycles. The molecule has 1 aromatic heterocycles. The number of hydrogen-bond acceptors (Lipinski definition) is 3. The second-order valence-corrected chi connectivity index (χ2v) is 11.0. The first kappa shape index (κ1) is 20.7. The number of nitrogens with one attached hydrogen (secondary N) is 1. The van der Waals surface area contributed by atoms with Crippen molar-refractivity contribution < 1.29 is 4.42 Å². The Kier molecular flexibility index (Phi) is 3.73. The molecule has 8 aromatic rings. The third kappa shape index (κ3) is 2.50. The summed E-state index contributed by atoms with van der Waals surface area (Å²) in [7, 11) is 0. The smallest absolute Gasteiger partial charge is 0.159 e. The molecule has 3 heteroatoms. The summed E-state index contributed by atoms with van der Waals surface area (Å²) in [5.74, 6) is 0.937. The van der Waals surface area contributed by atoms with Gasteiger partial charge in [-0.1, -0.05) is 91.0 Å². The van der Waals surface area contributed by atoms with Crippen molar-refractivity contribution in [3.8, 4) is 22.5 Å². The lowest BCUT2D eigenvalue weighted by Crippen LogP contribution is -2.27.